The number of aromatic amines is 1. The van der Waals surface area contributed by atoms with Gasteiger partial charge in [-0.2, -0.15) is 18.3 Å². The number of alkyl halides is 3. The minimum atomic E-state index is -5.08. The number of hydrogen-bond acceptors (Lipinski definition) is 3. The molecule has 0 atom stereocenters. The Labute approximate surface area is 186 Å². The fraction of sp³-hybridized carbons (Fsp3) is 0.261. The Bertz CT molecular complexity index is 1300. The van der Waals surface area contributed by atoms with Crippen molar-refractivity contribution < 1.29 is 27.5 Å². The third-order valence-corrected chi connectivity index (χ3v) is 4.80. The molecular formula is C23H22F4N4O2. The zero-order valence-corrected chi connectivity index (χ0v) is 18.3. The lowest BCUT2D eigenvalue weighted by Crippen LogP contribution is -2.21. The van der Waals surface area contributed by atoms with Gasteiger partial charge in [0, 0.05) is 18.0 Å². The number of hydrogen-bond donors (Lipinski definition) is 2. The number of benzene rings is 2. The molecule has 0 aliphatic rings. The Kier molecular flexibility index (Phi) is 6.31. The highest BCUT2D eigenvalue weighted by molar-refractivity contribution is 5.84. The minimum absolute atomic E-state index is 0.0277. The number of imidazole rings is 1. The van der Waals surface area contributed by atoms with Gasteiger partial charge in [0.2, 0.25) is 0 Å². The zero-order chi connectivity index (χ0) is 24.6. The molecule has 0 saturated heterocycles. The molecule has 4 aromatic rings. The first-order valence-corrected chi connectivity index (χ1v) is 9.87. The number of carboxylic acids is 1. The van der Waals surface area contributed by atoms with Gasteiger partial charge in [0.1, 0.15) is 11.5 Å². The van der Waals surface area contributed by atoms with Gasteiger partial charge >= 0.3 is 12.1 Å². The number of aromatic nitrogens is 4. The second-order valence-corrected chi connectivity index (χ2v) is 8.39. The lowest BCUT2D eigenvalue weighted by atomic mass is 9.92. The largest absolute Gasteiger partial charge is 0.490 e. The van der Waals surface area contributed by atoms with E-state index in [0.717, 1.165) is 33.8 Å². The van der Waals surface area contributed by atoms with Gasteiger partial charge in [-0.1, -0.05) is 45.0 Å². The van der Waals surface area contributed by atoms with Crippen molar-refractivity contribution in [3.05, 3.63) is 60.0 Å². The number of rotatable bonds is 2. The van der Waals surface area contributed by atoms with Gasteiger partial charge in [0.05, 0.1) is 16.7 Å². The van der Waals surface area contributed by atoms with Crippen LogP contribution in [0.25, 0.3) is 33.7 Å². The van der Waals surface area contributed by atoms with Crippen molar-refractivity contribution in [1.82, 2.24) is 19.7 Å². The first kappa shape index (κ1) is 24.0. The summed E-state index contributed by atoms with van der Waals surface area (Å²) in [5.74, 6) is -2.23. The predicted octanol–water partition coefficient (Wildman–Crippen LogP) is 5.70. The Balaban J connectivity index is 0.000000383. The van der Waals surface area contributed by atoms with Gasteiger partial charge < -0.3 is 10.1 Å². The molecular weight excluding hydrogens is 440 g/mol. The Hall–Kier alpha value is -3.69. The molecule has 0 spiro atoms. The molecule has 2 aromatic heterocycles. The maximum absolute atomic E-state index is 14.1. The van der Waals surface area contributed by atoms with Crippen LogP contribution in [0.3, 0.4) is 0 Å². The molecule has 0 aliphatic carbocycles. The third kappa shape index (κ3) is 5.39. The number of fused-ring (bicyclic) bond motifs is 1. The molecule has 0 saturated carbocycles. The summed E-state index contributed by atoms with van der Waals surface area (Å²) < 4.78 is 47.7. The minimum Gasteiger partial charge on any atom is -0.475 e. The molecule has 0 amide bonds. The van der Waals surface area contributed by atoms with Crippen LogP contribution in [0, 0.1) is 5.82 Å². The molecule has 2 N–H and O–H groups in total. The number of aryl methyl sites for hydroxylation is 1. The highest BCUT2D eigenvalue weighted by atomic mass is 19.4. The predicted molar refractivity (Wildman–Crippen MR) is 116 cm³/mol. The summed E-state index contributed by atoms with van der Waals surface area (Å²) in [7, 11) is 1.92. The molecule has 0 bridgehead atoms. The molecule has 0 aliphatic heterocycles. The summed E-state index contributed by atoms with van der Waals surface area (Å²) in [5, 5.41) is 11.7. The highest BCUT2D eigenvalue weighted by Gasteiger charge is 2.38. The first-order valence-electron chi connectivity index (χ1n) is 9.87. The molecule has 0 fully saturated rings. The van der Waals surface area contributed by atoms with Crippen molar-refractivity contribution >= 4 is 17.0 Å². The van der Waals surface area contributed by atoms with Gasteiger partial charge in [-0.3, -0.25) is 4.68 Å². The lowest BCUT2D eigenvalue weighted by molar-refractivity contribution is -0.192. The van der Waals surface area contributed by atoms with Crippen molar-refractivity contribution in [2.24, 2.45) is 7.05 Å². The monoisotopic (exact) mass is 462 g/mol. The Morgan fingerprint density at radius 1 is 1.06 bits per heavy atom. The molecule has 4 rings (SSSR count). The summed E-state index contributed by atoms with van der Waals surface area (Å²) in [4.78, 5) is 16.9. The molecule has 6 nitrogen and oxygen atoms in total. The molecule has 2 aromatic carbocycles. The van der Waals surface area contributed by atoms with Gasteiger partial charge in [0.15, 0.2) is 5.82 Å². The van der Waals surface area contributed by atoms with E-state index in [1.165, 1.54) is 6.07 Å². The molecule has 0 radical (unpaired) electrons. The van der Waals surface area contributed by atoms with E-state index in [0.29, 0.717) is 5.56 Å². The van der Waals surface area contributed by atoms with Crippen LogP contribution in [0.4, 0.5) is 17.6 Å². The van der Waals surface area contributed by atoms with Crippen molar-refractivity contribution in [3.63, 3.8) is 0 Å². The summed E-state index contributed by atoms with van der Waals surface area (Å²) in [6.07, 6.45) is -5.08. The average molecular weight is 462 g/mol. The zero-order valence-electron chi connectivity index (χ0n) is 18.3. The van der Waals surface area contributed by atoms with Crippen LogP contribution in [0.1, 0.15) is 26.5 Å². The van der Waals surface area contributed by atoms with E-state index in [1.807, 2.05) is 36.0 Å². The van der Waals surface area contributed by atoms with Crippen molar-refractivity contribution in [3.8, 4) is 22.6 Å². The van der Waals surface area contributed by atoms with Crippen molar-refractivity contribution in [1.29, 1.82) is 0 Å². The van der Waals surface area contributed by atoms with E-state index >= 15 is 0 Å². The molecule has 174 valence electrons. The van der Waals surface area contributed by atoms with Crippen molar-refractivity contribution in [2.45, 2.75) is 32.4 Å². The van der Waals surface area contributed by atoms with Crippen LogP contribution in [0.2, 0.25) is 0 Å². The standard InChI is InChI=1S/C21H21FN4.C2HF3O2/c1-21(2,3)19-12-18(26(4)25-19)20-23-16-10-9-13(11-17(16)24-20)14-7-5-6-8-15(14)22;3-2(4,5)1(6)7/h5-12H,1-4H3,(H,23,24);(H,6,7). The summed E-state index contributed by atoms with van der Waals surface area (Å²) in [5.41, 5.74) is 5.05. The van der Waals surface area contributed by atoms with Gasteiger partial charge in [-0.05, 0) is 29.8 Å². The van der Waals surface area contributed by atoms with Gasteiger partial charge in [0.25, 0.3) is 0 Å². The molecule has 33 heavy (non-hydrogen) atoms. The maximum atomic E-state index is 14.1. The summed E-state index contributed by atoms with van der Waals surface area (Å²) >= 11 is 0. The number of nitrogens with one attached hydrogen (secondary N) is 1. The van der Waals surface area contributed by atoms with E-state index in [1.54, 1.807) is 12.1 Å². The smallest absolute Gasteiger partial charge is 0.475 e. The Morgan fingerprint density at radius 3 is 2.24 bits per heavy atom. The third-order valence-electron chi connectivity index (χ3n) is 4.80. The second kappa shape index (κ2) is 8.68. The van der Waals surface area contributed by atoms with E-state index < -0.39 is 12.1 Å². The van der Waals surface area contributed by atoms with Gasteiger partial charge in [-0.25, -0.2) is 14.2 Å². The average Bonchev–Trinajstić information content (AvgIpc) is 3.30. The fourth-order valence-electron chi connectivity index (χ4n) is 3.05. The quantitative estimate of drug-likeness (QED) is 0.374. The molecule has 0 unspecified atom stereocenters. The lowest BCUT2D eigenvalue weighted by Gasteiger charge is -2.13. The van der Waals surface area contributed by atoms with E-state index in [2.05, 4.69) is 41.9 Å². The summed E-state index contributed by atoms with van der Waals surface area (Å²) in [6.45, 7) is 6.41. The van der Waals surface area contributed by atoms with Gasteiger partial charge in [-0.15, -0.1) is 0 Å². The number of H-pyrrole nitrogens is 1. The SMILES string of the molecule is Cn1nc(C(C)(C)C)cc1-c1nc2ccc(-c3ccccc3F)cc2[nH]1.O=C(O)C(F)(F)F. The van der Waals surface area contributed by atoms with E-state index in [-0.39, 0.29) is 11.2 Å². The normalized spacial score (nSPS) is 11.9. The molecule has 10 heteroatoms. The summed E-state index contributed by atoms with van der Waals surface area (Å²) in [6, 6.07) is 14.6. The Morgan fingerprint density at radius 2 is 1.70 bits per heavy atom. The second-order valence-electron chi connectivity index (χ2n) is 8.39. The van der Waals surface area contributed by atoms with Crippen molar-refractivity contribution in [2.75, 3.05) is 0 Å². The highest BCUT2D eigenvalue weighted by Crippen LogP contribution is 2.29. The maximum Gasteiger partial charge on any atom is 0.490 e. The van der Waals surface area contributed by atoms with Crippen LogP contribution < -0.4 is 0 Å². The van der Waals surface area contributed by atoms with Crippen LogP contribution in [0.15, 0.2) is 48.5 Å². The number of halogens is 4. The topological polar surface area (TPSA) is 83.8 Å². The van der Waals surface area contributed by atoms with E-state index in [9.17, 15) is 17.6 Å². The number of nitrogens with zero attached hydrogens (tertiary/aromatic N) is 3. The number of carboxylic acid groups (broad SMARTS) is 1. The van der Waals surface area contributed by atoms with Crippen LogP contribution in [-0.2, 0) is 17.3 Å². The van der Waals surface area contributed by atoms with Crippen LogP contribution in [-0.4, -0.2) is 37.0 Å². The fourth-order valence-corrected chi connectivity index (χ4v) is 3.05. The number of carbonyl (C=O) groups is 1. The first-order chi connectivity index (χ1) is 15.3. The van der Waals surface area contributed by atoms with E-state index in [4.69, 9.17) is 9.90 Å². The molecule has 2 heterocycles. The number of aliphatic carboxylic acids is 1. The van der Waals surface area contributed by atoms with Crippen LogP contribution in [0.5, 0.6) is 0 Å². The van der Waals surface area contributed by atoms with Crippen LogP contribution >= 0.6 is 0 Å².